The van der Waals surface area contributed by atoms with Crippen LogP contribution in [0.1, 0.15) is 18.9 Å². The second kappa shape index (κ2) is 8.93. The van der Waals surface area contributed by atoms with Crippen LogP contribution < -0.4 is 16.4 Å². The van der Waals surface area contributed by atoms with Gasteiger partial charge in [0.05, 0.1) is 5.56 Å². The van der Waals surface area contributed by atoms with E-state index >= 15 is 0 Å². The molecule has 170 valence electrons. The highest BCUT2D eigenvalue weighted by Crippen LogP contribution is 2.32. The molecule has 3 rings (SSSR count). The summed E-state index contributed by atoms with van der Waals surface area (Å²) in [6.07, 6.45) is -4.01. The molecule has 0 aliphatic carbocycles. The summed E-state index contributed by atoms with van der Waals surface area (Å²) < 4.78 is 78.0. The summed E-state index contributed by atoms with van der Waals surface area (Å²) in [5.74, 6) is 0.690. The molecule has 0 fully saturated rings. The van der Waals surface area contributed by atoms with Crippen LogP contribution in [0, 0.1) is 0 Å². The van der Waals surface area contributed by atoms with E-state index in [2.05, 4.69) is 20.6 Å². The van der Waals surface area contributed by atoms with Gasteiger partial charge in [-0.1, -0.05) is 6.08 Å². The first-order chi connectivity index (χ1) is 15.0. The fraction of sp³-hybridized carbons (Fsp3) is 0.238. The van der Waals surface area contributed by atoms with Crippen LogP contribution in [0.2, 0.25) is 0 Å². The first-order valence-corrected chi connectivity index (χ1v) is 9.37. The van der Waals surface area contributed by atoms with Crippen molar-refractivity contribution in [2.45, 2.75) is 31.9 Å². The lowest BCUT2D eigenvalue weighted by Crippen LogP contribution is -2.39. The summed E-state index contributed by atoms with van der Waals surface area (Å²) in [7, 11) is 0. The molecule has 1 aromatic carbocycles. The Bertz CT molecular complexity index is 1040. The molecule has 5 nitrogen and oxygen atoms in total. The number of rotatable bonds is 4. The van der Waals surface area contributed by atoms with Crippen molar-refractivity contribution in [1.82, 2.24) is 5.32 Å². The van der Waals surface area contributed by atoms with Crippen LogP contribution in [0.25, 0.3) is 0 Å². The van der Waals surface area contributed by atoms with Crippen LogP contribution in [0.3, 0.4) is 0 Å². The van der Waals surface area contributed by atoms with E-state index in [0.717, 1.165) is 30.5 Å². The molecule has 0 bridgehead atoms. The number of nitrogens with two attached hydrogens (primary N) is 1. The Balaban J connectivity index is 1.82. The normalized spacial score (nSPS) is 19.5. The minimum atomic E-state index is -4.53. The molecule has 0 spiro atoms. The van der Waals surface area contributed by atoms with Crippen LogP contribution in [-0.4, -0.2) is 24.0 Å². The smallest absolute Gasteiger partial charge is 0.405 e. The quantitative estimate of drug-likeness (QED) is 0.440. The predicted molar refractivity (Wildman–Crippen MR) is 111 cm³/mol. The molecule has 4 N–H and O–H groups in total. The van der Waals surface area contributed by atoms with E-state index in [0.29, 0.717) is 28.6 Å². The van der Waals surface area contributed by atoms with Crippen molar-refractivity contribution < 1.29 is 26.3 Å². The number of allylic oxidation sites excluding steroid dienone is 5. The van der Waals surface area contributed by atoms with Crippen molar-refractivity contribution in [3.05, 3.63) is 77.2 Å². The third-order valence-corrected chi connectivity index (χ3v) is 4.57. The highest BCUT2D eigenvalue weighted by molar-refractivity contribution is 6.15. The number of fused-ring (bicyclic) bond motifs is 1. The lowest BCUT2D eigenvalue weighted by atomic mass is 10.0. The summed E-state index contributed by atoms with van der Waals surface area (Å²) in [5, 5.41) is 5.90. The number of hydrogen-bond acceptors (Lipinski definition) is 5. The largest absolute Gasteiger partial charge is 0.416 e. The van der Waals surface area contributed by atoms with Gasteiger partial charge in [0, 0.05) is 29.0 Å². The Labute approximate surface area is 179 Å². The van der Waals surface area contributed by atoms with Gasteiger partial charge in [-0.3, -0.25) is 0 Å². The van der Waals surface area contributed by atoms with E-state index in [9.17, 15) is 26.3 Å². The van der Waals surface area contributed by atoms with Crippen LogP contribution >= 0.6 is 0 Å². The van der Waals surface area contributed by atoms with Gasteiger partial charge in [0.25, 0.3) is 0 Å². The third-order valence-electron chi connectivity index (χ3n) is 4.57. The van der Waals surface area contributed by atoms with Crippen molar-refractivity contribution in [2.75, 3.05) is 5.32 Å². The van der Waals surface area contributed by atoms with Crippen LogP contribution in [0.4, 0.5) is 32.0 Å². The van der Waals surface area contributed by atoms with E-state index in [1.165, 1.54) is 18.2 Å². The topological polar surface area (TPSA) is 74.8 Å². The van der Waals surface area contributed by atoms with Gasteiger partial charge in [0.1, 0.15) is 17.8 Å². The van der Waals surface area contributed by atoms with Crippen molar-refractivity contribution in [3.63, 3.8) is 0 Å². The molecule has 0 radical (unpaired) electrons. The highest BCUT2D eigenvalue weighted by atomic mass is 19.4. The molecule has 2 heterocycles. The summed E-state index contributed by atoms with van der Waals surface area (Å²) >= 11 is 0. The molecule has 0 saturated heterocycles. The second-order valence-electron chi connectivity index (χ2n) is 6.95. The zero-order valence-corrected chi connectivity index (χ0v) is 16.7. The number of dihydropyridines is 1. The predicted octanol–water partition coefficient (Wildman–Crippen LogP) is 5.04. The Morgan fingerprint density at radius 1 is 1.12 bits per heavy atom. The number of aliphatic imine (C=N–C) groups is 2. The molecule has 1 unspecified atom stereocenters. The van der Waals surface area contributed by atoms with E-state index in [4.69, 9.17) is 5.73 Å². The lowest BCUT2D eigenvalue weighted by Gasteiger charge is -2.29. The van der Waals surface area contributed by atoms with Gasteiger partial charge in [-0.2, -0.15) is 26.3 Å². The Hall–Kier alpha value is -3.50. The van der Waals surface area contributed by atoms with Crippen LogP contribution in [0.5, 0.6) is 0 Å². The standard InChI is InChI=1S/C21H19F6N5/c1-12-29-18(31-15-6-4-13(5-7-15)20(22,23)24)17-9-8-16(32-19(17)30-12)11-14(3-2-10-28)21(25,26)27/h2-10,19,32H,11,28H2,1H3,(H,29,30,31)/b10-2-,14-3+. The van der Waals surface area contributed by atoms with Gasteiger partial charge in [-0.05, 0) is 55.6 Å². The van der Waals surface area contributed by atoms with Gasteiger partial charge >= 0.3 is 12.4 Å². The highest BCUT2D eigenvalue weighted by Gasteiger charge is 2.35. The fourth-order valence-electron chi connectivity index (χ4n) is 3.06. The average Bonchev–Trinajstić information content (AvgIpc) is 2.69. The van der Waals surface area contributed by atoms with E-state index < -0.39 is 36.1 Å². The molecule has 2 aliphatic heterocycles. The van der Waals surface area contributed by atoms with Crippen molar-refractivity contribution in [1.29, 1.82) is 0 Å². The number of alkyl halides is 6. The van der Waals surface area contributed by atoms with Gasteiger partial charge in [-0.15, -0.1) is 0 Å². The third kappa shape index (κ3) is 5.59. The minimum absolute atomic E-state index is 0.292. The summed E-state index contributed by atoms with van der Waals surface area (Å²) in [6.45, 7) is 1.61. The van der Waals surface area contributed by atoms with Gasteiger partial charge in [-0.25, -0.2) is 9.98 Å². The molecular weight excluding hydrogens is 436 g/mol. The number of amidine groups is 2. The lowest BCUT2D eigenvalue weighted by molar-refractivity contribution is -0.137. The molecule has 0 aromatic heterocycles. The Morgan fingerprint density at radius 3 is 2.41 bits per heavy atom. The fourth-order valence-corrected chi connectivity index (χ4v) is 3.06. The minimum Gasteiger partial charge on any atom is -0.405 e. The van der Waals surface area contributed by atoms with Gasteiger partial charge in [0.15, 0.2) is 0 Å². The molecule has 0 saturated carbocycles. The van der Waals surface area contributed by atoms with Crippen LogP contribution in [-0.2, 0) is 6.18 Å². The number of benzene rings is 1. The SMILES string of the molecule is CC1=NC2NC(C/C(=C\C=C/N)C(F)(F)F)=CC=C2C(Nc2ccc(C(F)(F)F)cc2)=N1. The molecule has 2 aliphatic rings. The number of hydrogen-bond donors (Lipinski definition) is 3. The summed E-state index contributed by atoms with van der Waals surface area (Å²) in [5.41, 5.74) is 4.77. The number of anilines is 1. The maximum absolute atomic E-state index is 13.3. The van der Waals surface area contributed by atoms with Crippen molar-refractivity contribution >= 4 is 17.4 Å². The molecule has 1 aromatic rings. The van der Waals surface area contributed by atoms with E-state index in [1.807, 2.05) is 0 Å². The molecule has 32 heavy (non-hydrogen) atoms. The number of halogens is 6. The zero-order chi connectivity index (χ0) is 23.5. The average molecular weight is 455 g/mol. The van der Waals surface area contributed by atoms with Crippen molar-refractivity contribution in [2.24, 2.45) is 15.7 Å². The maximum atomic E-state index is 13.3. The van der Waals surface area contributed by atoms with Gasteiger partial charge < -0.3 is 16.4 Å². The number of nitrogens with zero attached hydrogens (tertiary/aromatic N) is 2. The maximum Gasteiger partial charge on any atom is 0.416 e. The van der Waals surface area contributed by atoms with E-state index in [1.54, 1.807) is 13.0 Å². The van der Waals surface area contributed by atoms with E-state index in [-0.39, 0.29) is 0 Å². The molecule has 0 amide bonds. The molecule has 1 atom stereocenters. The molecule has 11 heteroatoms. The summed E-state index contributed by atoms with van der Waals surface area (Å²) in [4.78, 5) is 8.59. The van der Waals surface area contributed by atoms with Crippen LogP contribution in [0.15, 0.2) is 81.6 Å². The monoisotopic (exact) mass is 455 g/mol. The number of nitrogens with one attached hydrogen (secondary N) is 2. The summed E-state index contributed by atoms with van der Waals surface area (Å²) in [6, 6.07) is 4.42. The molecular formula is C21H19F6N5. The first kappa shape index (κ1) is 23.2. The van der Waals surface area contributed by atoms with Crippen molar-refractivity contribution in [3.8, 4) is 0 Å². The Kier molecular flexibility index (Phi) is 6.47. The van der Waals surface area contributed by atoms with Gasteiger partial charge in [0.2, 0.25) is 0 Å². The Morgan fingerprint density at radius 2 is 1.81 bits per heavy atom. The zero-order valence-electron chi connectivity index (χ0n) is 16.7. The first-order valence-electron chi connectivity index (χ1n) is 9.37. The second-order valence-corrected chi connectivity index (χ2v) is 6.95.